The van der Waals surface area contributed by atoms with Gasteiger partial charge < -0.3 is 10.2 Å². The van der Waals surface area contributed by atoms with Gasteiger partial charge in [0.15, 0.2) is 0 Å². The van der Waals surface area contributed by atoms with Crippen molar-refractivity contribution in [2.45, 2.75) is 23.4 Å². The second-order valence-electron chi connectivity index (χ2n) is 7.78. The summed E-state index contributed by atoms with van der Waals surface area (Å²) in [6, 6.07) is 26.3. The van der Waals surface area contributed by atoms with Crippen molar-refractivity contribution in [3.05, 3.63) is 113 Å². The Kier molecular flexibility index (Phi) is 5.67. The van der Waals surface area contributed by atoms with Crippen LogP contribution in [0.25, 0.3) is 0 Å². The number of rotatable bonds is 3. The van der Waals surface area contributed by atoms with E-state index >= 15 is 0 Å². The van der Waals surface area contributed by atoms with E-state index in [4.69, 9.17) is 0 Å². The van der Waals surface area contributed by atoms with Gasteiger partial charge in [-0.25, -0.2) is 4.98 Å². The van der Waals surface area contributed by atoms with Crippen LogP contribution in [-0.2, 0) is 6.54 Å². The predicted octanol–water partition coefficient (Wildman–Crippen LogP) is 5.95. The zero-order valence-electron chi connectivity index (χ0n) is 18.0. The van der Waals surface area contributed by atoms with Crippen LogP contribution >= 0.6 is 11.8 Å². The van der Waals surface area contributed by atoms with Crippen LogP contribution in [0, 0.1) is 6.92 Å². The predicted molar refractivity (Wildman–Crippen MR) is 131 cm³/mol. The third kappa shape index (κ3) is 4.25. The molecule has 2 heterocycles. The number of carbonyl (C=O) groups excluding carboxylic acids is 2. The number of aromatic nitrogens is 1. The fourth-order valence-corrected chi connectivity index (χ4v) is 4.83. The van der Waals surface area contributed by atoms with Gasteiger partial charge >= 0.3 is 0 Å². The van der Waals surface area contributed by atoms with Gasteiger partial charge in [0, 0.05) is 27.9 Å². The molecule has 1 aliphatic rings. The maximum Gasteiger partial charge on any atom is 0.258 e. The van der Waals surface area contributed by atoms with E-state index in [9.17, 15) is 9.59 Å². The Morgan fingerprint density at radius 2 is 1.67 bits per heavy atom. The zero-order valence-corrected chi connectivity index (χ0v) is 18.8. The fourth-order valence-electron chi connectivity index (χ4n) is 3.82. The van der Waals surface area contributed by atoms with Crippen LogP contribution in [0.5, 0.6) is 0 Å². The van der Waals surface area contributed by atoms with E-state index in [0.29, 0.717) is 23.4 Å². The molecule has 0 fully saturated rings. The largest absolute Gasteiger partial charge is 0.322 e. The second kappa shape index (κ2) is 8.92. The van der Waals surface area contributed by atoms with Gasteiger partial charge in [0.25, 0.3) is 11.8 Å². The topological polar surface area (TPSA) is 62.3 Å². The lowest BCUT2D eigenvalue weighted by molar-refractivity contribution is 0.0983. The molecule has 5 nitrogen and oxygen atoms in total. The molecule has 162 valence electrons. The highest BCUT2D eigenvalue weighted by Crippen LogP contribution is 2.40. The Hall–Kier alpha value is -3.90. The van der Waals surface area contributed by atoms with E-state index in [1.54, 1.807) is 53.2 Å². The number of aryl methyl sites for hydroxylation is 1. The monoisotopic (exact) mass is 451 g/mol. The van der Waals surface area contributed by atoms with Gasteiger partial charge in [-0.05, 0) is 66.6 Å². The lowest BCUT2D eigenvalue weighted by atomic mass is 10.1. The number of anilines is 2. The molecule has 0 radical (unpaired) electrons. The highest BCUT2D eigenvalue weighted by atomic mass is 32.2. The number of nitrogens with zero attached hydrogens (tertiary/aromatic N) is 2. The molecule has 1 aliphatic heterocycles. The van der Waals surface area contributed by atoms with E-state index in [1.807, 2.05) is 55.5 Å². The van der Waals surface area contributed by atoms with Crippen LogP contribution in [0.15, 0.2) is 101 Å². The second-order valence-corrected chi connectivity index (χ2v) is 8.81. The van der Waals surface area contributed by atoms with Gasteiger partial charge in [-0.2, -0.15) is 0 Å². The summed E-state index contributed by atoms with van der Waals surface area (Å²) in [6.07, 6.45) is 1.74. The van der Waals surface area contributed by atoms with Crippen LogP contribution in [0.3, 0.4) is 0 Å². The van der Waals surface area contributed by atoms with Crippen LogP contribution in [-0.4, -0.2) is 16.8 Å². The molecule has 2 amide bonds. The molecule has 0 bridgehead atoms. The molecule has 0 saturated carbocycles. The van der Waals surface area contributed by atoms with Crippen molar-refractivity contribution < 1.29 is 9.59 Å². The number of carbonyl (C=O) groups is 2. The molecule has 6 heteroatoms. The van der Waals surface area contributed by atoms with Crippen LogP contribution in [0.4, 0.5) is 11.4 Å². The molecule has 4 aromatic rings. The molecule has 0 atom stereocenters. The van der Waals surface area contributed by atoms with Crippen LogP contribution in [0.1, 0.15) is 31.8 Å². The summed E-state index contributed by atoms with van der Waals surface area (Å²) >= 11 is 1.58. The van der Waals surface area contributed by atoms with E-state index in [-0.39, 0.29) is 11.8 Å². The Morgan fingerprint density at radius 3 is 2.48 bits per heavy atom. The number of hydrogen-bond donors (Lipinski definition) is 1. The average Bonchev–Trinajstić information content (AvgIpc) is 3.01. The highest BCUT2D eigenvalue weighted by Gasteiger charge is 2.26. The minimum absolute atomic E-state index is 0.113. The summed E-state index contributed by atoms with van der Waals surface area (Å²) in [5, 5.41) is 3.71. The lowest BCUT2D eigenvalue weighted by Gasteiger charge is -2.22. The number of fused-ring (bicyclic) bond motifs is 2. The first-order valence-corrected chi connectivity index (χ1v) is 11.4. The van der Waals surface area contributed by atoms with Gasteiger partial charge in [-0.3, -0.25) is 9.59 Å². The Morgan fingerprint density at radius 1 is 0.909 bits per heavy atom. The summed E-state index contributed by atoms with van der Waals surface area (Å²) < 4.78 is 0. The smallest absolute Gasteiger partial charge is 0.258 e. The molecule has 3 aromatic carbocycles. The molecule has 0 saturated heterocycles. The van der Waals surface area contributed by atoms with Crippen molar-refractivity contribution in [2.24, 2.45) is 0 Å². The fraction of sp³-hybridized carbons (Fsp3) is 0.0741. The molecule has 1 aromatic heterocycles. The number of hydrogen-bond acceptors (Lipinski definition) is 4. The number of amides is 2. The van der Waals surface area contributed by atoms with Crippen molar-refractivity contribution in [1.29, 1.82) is 0 Å². The third-order valence-electron chi connectivity index (χ3n) is 5.57. The summed E-state index contributed by atoms with van der Waals surface area (Å²) in [7, 11) is 0. The van der Waals surface area contributed by atoms with E-state index in [0.717, 1.165) is 26.7 Å². The minimum Gasteiger partial charge on any atom is -0.322 e. The average molecular weight is 452 g/mol. The highest BCUT2D eigenvalue weighted by molar-refractivity contribution is 7.99. The Labute approximate surface area is 196 Å². The van der Waals surface area contributed by atoms with E-state index < -0.39 is 0 Å². The number of nitrogens with one attached hydrogen (secondary N) is 1. The molecule has 5 rings (SSSR count). The maximum absolute atomic E-state index is 13.5. The normalized spacial score (nSPS) is 12.3. The minimum atomic E-state index is -0.173. The van der Waals surface area contributed by atoms with Crippen LogP contribution < -0.4 is 10.2 Å². The molecule has 0 aliphatic carbocycles. The molecular weight excluding hydrogens is 430 g/mol. The maximum atomic E-state index is 13.5. The first-order valence-electron chi connectivity index (χ1n) is 10.6. The molecule has 33 heavy (non-hydrogen) atoms. The van der Waals surface area contributed by atoms with Crippen molar-refractivity contribution in [3.63, 3.8) is 0 Å². The van der Waals surface area contributed by atoms with Crippen molar-refractivity contribution >= 4 is 35.0 Å². The van der Waals surface area contributed by atoms with Crippen molar-refractivity contribution in [2.75, 3.05) is 10.2 Å². The molecule has 0 spiro atoms. The SMILES string of the molecule is Cc1ccccc1C(=O)Nc1ccc(C(=O)N2Cc3ccccc3Sc3ncccc32)cc1. The van der Waals surface area contributed by atoms with Crippen LogP contribution in [0.2, 0.25) is 0 Å². The first-order chi connectivity index (χ1) is 16.1. The zero-order chi connectivity index (χ0) is 22.8. The van der Waals surface area contributed by atoms with E-state index in [1.165, 1.54) is 0 Å². The summed E-state index contributed by atoms with van der Waals surface area (Å²) in [5.41, 5.74) is 4.59. The molecule has 0 unspecified atom stereocenters. The van der Waals surface area contributed by atoms with Crippen molar-refractivity contribution in [1.82, 2.24) is 4.98 Å². The van der Waals surface area contributed by atoms with Gasteiger partial charge in [0.1, 0.15) is 5.03 Å². The summed E-state index contributed by atoms with van der Waals surface area (Å²) in [6.45, 7) is 2.37. The van der Waals surface area contributed by atoms with Gasteiger partial charge in [0.05, 0.1) is 12.2 Å². The van der Waals surface area contributed by atoms with Gasteiger partial charge in [-0.1, -0.05) is 48.2 Å². The molecular formula is C27H21N3O2S. The Bertz CT molecular complexity index is 1350. The quantitative estimate of drug-likeness (QED) is 0.418. The Balaban J connectivity index is 1.40. The summed E-state index contributed by atoms with van der Waals surface area (Å²) in [5.74, 6) is -0.285. The lowest BCUT2D eigenvalue weighted by Crippen LogP contribution is -2.30. The standard InChI is InChI=1S/C27H21N3O2S/c1-18-7-2-4-9-22(18)25(31)29-21-14-12-19(13-15-21)27(32)30-17-20-8-3-5-11-24(20)33-26-23(30)10-6-16-28-26/h2-16H,17H2,1H3,(H,29,31). The number of pyridine rings is 1. The first kappa shape index (κ1) is 21.0. The third-order valence-corrected chi connectivity index (χ3v) is 6.70. The molecule has 1 N–H and O–H groups in total. The summed E-state index contributed by atoms with van der Waals surface area (Å²) in [4.78, 5) is 33.5. The van der Waals surface area contributed by atoms with Crippen molar-refractivity contribution in [3.8, 4) is 0 Å². The number of benzene rings is 3. The van der Waals surface area contributed by atoms with Gasteiger partial charge in [-0.15, -0.1) is 0 Å². The van der Waals surface area contributed by atoms with Gasteiger partial charge in [0.2, 0.25) is 0 Å². The van der Waals surface area contributed by atoms with E-state index in [2.05, 4.69) is 16.4 Å².